The molecule has 0 aliphatic carbocycles. The molecule has 0 aliphatic heterocycles. The largest absolute Gasteiger partial charge is 0.462 e. The molecule has 0 spiro atoms. The fourth-order valence-corrected chi connectivity index (χ4v) is 6.28. The molecule has 1 atom stereocenters. The fourth-order valence-electron chi connectivity index (χ4n) is 4.32. The standard InChI is InChI=1S/C31H32N6O8S2/c1-5-44-29(40)24-18(3)25(30(41)45-6-2)47-28(24)33-26(38)19(4)46-31-35-34-23(36(31)17-20-10-8-7-9-11-20)16-32-27(39)21-12-14-22(15-13-21)37(42)43/h7-15,19H,5-6,16-17H2,1-4H3,(H,32,39)(H,33,38)/t19-/m1/s1. The molecule has 0 saturated heterocycles. The Labute approximate surface area is 278 Å². The Morgan fingerprint density at radius 3 is 2.30 bits per heavy atom. The van der Waals surface area contributed by atoms with Gasteiger partial charge in [0.2, 0.25) is 5.91 Å². The number of nitrogens with one attached hydrogen (secondary N) is 2. The van der Waals surface area contributed by atoms with Crippen LogP contribution in [0.15, 0.2) is 59.8 Å². The van der Waals surface area contributed by atoms with Gasteiger partial charge in [0.25, 0.3) is 11.6 Å². The van der Waals surface area contributed by atoms with Gasteiger partial charge in [0.15, 0.2) is 11.0 Å². The van der Waals surface area contributed by atoms with E-state index in [2.05, 4.69) is 20.8 Å². The van der Waals surface area contributed by atoms with E-state index >= 15 is 0 Å². The van der Waals surface area contributed by atoms with Crippen molar-refractivity contribution in [2.45, 2.75) is 51.2 Å². The molecule has 16 heteroatoms. The number of rotatable bonds is 14. The van der Waals surface area contributed by atoms with Gasteiger partial charge in [0, 0.05) is 17.7 Å². The minimum absolute atomic E-state index is 0.00913. The summed E-state index contributed by atoms with van der Waals surface area (Å²) in [6.07, 6.45) is 0. The van der Waals surface area contributed by atoms with Crippen molar-refractivity contribution in [3.63, 3.8) is 0 Å². The average molecular weight is 681 g/mol. The molecule has 2 heterocycles. The number of hydrogen-bond acceptors (Lipinski definition) is 12. The maximum atomic E-state index is 13.4. The van der Waals surface area contributed by atoms with E-state index in [1.165, 1.54) is 24.3 Å². The summed E-state index contributed by atoms with van der Waals surface area (Å²) in [7, 11) is 0. The van der Waals surface area contributed by atoms with E-state index in [1.54, 1.807) is 32.3 Å². The topological polar surface area (TPSA) is 185 Å². The molecular weight excluding hydrogens is 649 g/mol. The number of hydrogen-bond donors (Lipinski definition) is 2. The van der Waals surface area contributed by atoms with Crippen molar-refractivity contribution in [1.29, 1.82) is 0 Å². The summed E-state index contributed by atoms with van der Waals surface area (Å²) in [6, 6.07) is 14.7. The number of anilines is 1. The second-order valence-corrected chi connectivity index (χ2v) is 12.2. The smallest absolute Gasteiger partial charge is 0.348 e. The third-order valence-corrected chi connectivity index (χ3v) is 8.97. The SMILES string of the molecule is CCOC(=O)c1sc(NC(=O)[C@@H](C)Sc2nnc(CNC(=O)c3ccc([N+](=O)[O-])cc3)n2Cc2ccccc2)c(C(=O)OCC)c1C. The van der Waals surface area contributed by atoms with Crippen molar-refractivity contribution >= 4 is 57.5 Å². The number of carbonyl (C=O) groups excluding carboxylic acids is 4. The normalized spacial score (nSPS) is 11.4. The fraction of sp³-hybridized carbons (Fsp3) is 0.290. The van der Waals surface area contributed by atoms with Crippen molar-refractivity contribution in [2.24, 2.45) is 0 Å². The number of thioether (sulfide) groups is 1. The van der Waals surface area contributed by atoms with Crippen LogP contribution in [0.2, 0.25) is 0 Å². The third-order valence-electron chi connectivity index (χ3n) is 6.70. The van der Waals surface area contributed by atoms with Crippen molar-refractivity contribution in [1.82, 2.24) is 20.1 Å². The highest BCUT2D eigenvalue weighted by molar-refractivity contribution is 8.00. The molecular formula is C31H32N6O8S2. The molecule has 0 radical (unpaired) electrons. The van der Waals surface area contributed by atoms with Crippen LogP contribution >= 0.6 is 23.1 Å². The molecule has 4 rings (SSSR count). The number of nitro benzene ring substituents is 1. The number of nitro groups is 1. The van der Waals surface area contributed by atoms with Gasteiger partial charge in [-0.2, -0.15) is 0 Å². The minimum Gasteiger partial charge on any atom is -0.462 e. The Kier molecular flexibility index (Phi) is 11.8. The second-order valence-electron chi connectivity index (χ2n) is 9.91. The van der Waals surface area contributed by atoms with E-state index in [-0.39, 0.29) is 46.5 Å². The molecule has 246 valence electrons. The summed E-state index contributed by atoms with van der Waals surface area (Å²) in [4.78, 5) is 62.1. The number of nitrogens with zero attached hydrogens (tertiary/aromatic N) is 4. The van der Waals surface area contributed by atoms with Crippen LogP contribution in [-0.4, -0.2) is 61.9 Å². The second kappa shape index (κ2) is 16.0. The third kappa shape index (κ3) is 8.59. The first-order valence-corrected chi connectivity index (χ1v) is 16.2. The summed E-state index contributed by atoms with van der Waals surface area (Å²) in [6.45, 7) is 7.17. The Hall–Kier alpha value is -5.09. The van der Waals surface area contributed by atoms with Gasteiger partial charge in [-0.25, -0.2) is 9.59 Å². The number of aromatic nitrogens is 3. The molecule has 2 aromatic carbocycles. The summed E-state index contributed by atoms with van der Waals surface area (Å²) < 4.78 is 12.1. The number of non-ortho nitro benzene ring substituents is 1. The molecule has 2 amide bonds. The highest BCUT2D eigenvalue weighted by Crippen LogP contribution is 2.35. The zero-order valence-electron chi connectivity index (χ0n) is 26.0. The van der Waals surface area contributed by atoms with E-state index in [9.17, 15) is 29.3 Å². The zero-order chi connectivity index (χ0) is 34.1. The van der Waals surface area contributed by atoms with Crippen molar-refractivity contribution < 1.29 is 33.6 Å². The van der Waals surface area contributed by atoms with Gasteiger partial charge in [-0.05, 0) is 51.0 Å². The zero-order valence-corrected chi connectivity index (χ0v) is 27.6. The van der Waals surface area contributed by atoms with E-state index < -0.39 is 33.9 Å². The lowest BCUT2D eigenvalue weighted by molar-refractivity contribution is -0.384. The Balaban J connectivity index is 1.54. The Bertz CT molecular complexity index is 1770. The summed E-state index contributed by atoms with van der Waals surface area (Å²) in [5.74, 6) is -1.78. The maximum Gasteiger partial charge on any atom is 0.348 e. The summed E-state index contributed by atoms with van der Waals surface area (Å²) >= 11 is 2.06. The number of carbonyl (C=O) groups is 4. The first kappa shape index (κ1) is 34.8. The molecule has 0 bridgehead atoms. The van der Waals surface area contributed by atoms with Gasteiger partial charge in [-0.1, -0.05) is 42.1 Å². The summed E-state index contributed by atoms with van der Waals surface area (Å²) in [5, 5.41) is 24.9. The molecule has 0 aliphatic rings. The van der Waals surface area contributed by atoms with E-state index in [0.717, 1.165) is 28.7 Å². The van der Waals surface area contributed by atoms with Gasteiger partial charge in [-0.15, -0.1) is 21.5 Å². The van der Waals surface area contributed by atoms with Crippen LogP contribution in [0, 0.1) is 17.0 Å². The molecule has 0 unspecified atom stereocenters. The number of ether oxygens (including phenoxy) is 2. The van der Waals surface area contributed by atoms with E-state index in [1.807, 2.05) is 30.3 Å². The van der Waals surface area contributed by atoms with Crippen molar-refractivity contribution in [3.05, 3.63) is 97.7 Å². The number of benzene rings is 2. The Morgan fingerprint density at radius 1 is 1.00 bits per heavy atom. The predicted molar refractivity (Wildman–Crippen MR) is 175 cm³/mol. The van der Waals surface area contributed by atoms with Gasteiger partial charge >= 0.3 is 11.9 Å². The van der Waals surface area contributed by atoms with Gasteiger partial charge in [0.05, 0.1) is 42.0 Å². The minimum atomic E-state index is -0.736. The van der Waals surface area contributed by atoms with Gasteiger partial charge in [-0.3, -0.25) is 19.7 Å². The molecule has 2 N–H and O–H groups in total. The molecule has 0 saturated carbocycles. The summed E-state index contributed by atoms with van der Waals surface area (Å²) in [5.41, 5.74) is 1.47. The van der Waals surface area contributed by atoms with Crippen LogP contribution in [0.3, 0.4) is 0 Å². The van der Waals surface area contributed by atoms with Crippen LogP contribution in [0.4, 0.5) is 10.7 Å². The van der Waals surface area contributed by atoms with Crippen LogP contribution in [0.1, 0.15) is 68.1 Å². The highest BCUT2D eigenvalue weighted by Gasteiger charge is 2.29. The predicted octanol–water partition coefficient (Wildman–Crippen LogP) is 5.01. The average Bonchev–Trinajstić information content (AvgIpc) is 3.59. The first-order valence-electron chi connectivity index (χ1n) is 14.5. The quantitative estimate of drug-likeness (QED) is 0.0790. The number of thiophene rings is 1. The van der Waals surface area contributed by atoms with Gasteiger partial charge in [0.1, 0.15) is 9.88 Å². The molecule has 4 aromatic rings. The molecule has 0 fully saturated rings. The first-order chi connectivity index (χ1) is 22.5. The van der Waals surface area contributed by atoms with E-state index in [0.29, 0.717) is 23.1 Å². The lowest BCUT2D eigenvalue weighted by Gasteiger charge is -2.14. The Morgan fingerprint density at radius 2 is 1.66 bits per heavy atom. The van der Waals surface area contributed by atoms with Crippen molar-refractivity contribution in [2.75, 3.05) is 18.5 Å². The van der Waals surface area contributed by atoms with Crippen LogP contribution < -0.4 is 10.6 Å². The van der Waals surface area contributed by atoms with Crippen molar-refractivity contribution in [3.8, 4) is 0 Å². The number of amides is 2. The van der Waals surface area contributed by atoms with E-state index in [4.69, 9.17) is 9.47 Å². The lowest BCUT2D eigenvalue weighted by Crippen LogP contribution is -2.25. The number of esters is 2. The van der Waals surface area contributed by atoms with Gasteiger partial charge < -0.3 is 24.7 Å². The molecule has 14 nitrogen and oxygen atoms in total. The van der Waals surface area contributed by atoms with Crippen LogP contribution in [-0.2, 0) is 27.4 Å². The maximum absolute atomic E-state index is 13.4. The lowest BCUT2D eigenvalue weighted by atomic mass is 10.1. The molecule has 47 heavy (non-hydrogen) atoms. The van der Waals surface area contributed by atoms with Crippen LogP contribution in [0.25, 0.3) is 0 Å². The molecule has 2 aromatic heterocycles. The monoisotopic (exact) mass is 680 g/mol. The van der Waals surface area contributed by atoms with Crippen LogP contribution in [0.5, 0.6) is 0 Å². The highest BCUT2D eigenvalue weighted by atomic mass is 32.2.